The lowest BCUT2D eigenvalue weighted by Crippen LogP contribution is -2.39. The highest BCUT2D eigenvalue weighted by atomic mass is 19.1. The predicted octanol–water partition coefficient (Wildman–Crippen LogP) is 3.68. The van der Waals surface area contributed by atoms with Crippen LogP contribution in [0.25, 0.3) is 16.5 Å². The summed E-state index contributed by atoms with van der Waals surface area (Å²) >= 11 is 0. The molecule has 30 heavy (non-hydrogen) atoms. The maximum atomic E-state index is 13.4. The number of amides is 1. The average Bonchev–Trinajstić information content (AvgIpc) is 3.17. The van der Waals surface area contributed by atoms with Gasteiger partial charge in [-0.2, -0.15) is 0 Å². The van der Waals surface area contributed by atoms with Crippen molar-refractivity contribution in [2.24, 2.45) is 11.7 Å². The van der Waals surface area contributed by atoms with Crippen molar-refractivity contribution in [3.63, 3.8) is 0 Å². The van der Waals surface area contributed by atoms with E-state index in [1.807, 2.05) is 23.2 Å². The van der Waals surface area contributed by atoms with Gasteiger partial charge in [0.15, 0.2) is 0 Å². The maximum Gasteiger partial charge on any atom is 0.253 e. The first kappa shape index (κ1) is 19.8. The summed E-state index contributed by atoms with van der Waals surface area (Å²) in [6.45, 7) is 2.20. The minimum atomic E-state index is -0.387. The van der Waals surface area contributed by atoms with Gasteiger partial charge < -0.3 is 20.6 Å². The molecule has 3 heterocycles. The molecule has 0 spiro atoms. The molecule has 1 aliphatic heterocycles. The van der Waals surface area contributed by atoms with Crippen LogP contribution in [0.3, 0.4) is 0 Å². The number of aromatic nitrogens is 2. The van der Waals surface area contributed by atoms with E-state index in [2.05, 4.69) is 15.7 Å². The Bertz CT molecular complexity index is 1110. The fraction of sp³-hybridized carbons (Fsp3) is 0.261. The number of halogens is 1. The number of hydrogen-bond donors (Lipinski definition) is 2. The molecule has 1 aliphatic rings. The van der Waals surface area contributed by atoms with Crippen LogP contribution in [0, 0.1) is 17.1 Å². The van der Waals surface area contributed by atoms with Crippen molar-refractivity contribution >= 4 is 28.6 Å². The summed E-state index contributed by atoms with van der Waals surface area (Å²) in [6.07, 6.45) is 8.26. The first-order chi connectivity index (χ1) is 14.6. The molecule has 0 radical (unpaired) electrons. The van der Waals surface area contributed by atoms with E-state index in [1.54, 1.807) is 12.1 Å². The van der Waals surface area contributed by atoms with Crippen LogP contribution < -0.4 is 5.73 Å². The van der Waals surface area contributed by atoms with Crippen molar-refractivity contribution < 1.29 is 9.18 Å². The lowest BCUT2D eigenvalue weighted by Gasteiger charge is -2.32. The molecule has 4 rings (SSSR count). The molecule has 3 N–H and O–H groups in total. The molecule has 0 atom stereocenters. The summed E-state index contributed by atoms with van der Waals surface area (Å²) in [5.41, 5.74) is 8.27. The number of piperidine rings is 1. The van der Waals surface area contributed by atoms with Crippen LogP contribution in [0.2, 0.25) is 0 Å². The Labute approximate surface area is 174 Å². The number of nitrogens with two attached hydrogens (primary N) is 1. The lowest BCUT2D eigenvalue weighted by atomic mass is 9.96. The van der Waals surface area contributed by atoms with E-state index >= 15 is 0 Å². The third-order valence-electron chi connectivity index (χ3n) is 5.72. The molecule has 7 heteroatoms. The van der Waals surface area contributed by atoms with Crippen LogP contribution in [-0.4, -0.2) is 39.7 Å². The van der Waals surface area contributed by atoms with Gasteiger partial charge in [-0.3, -0.25) is 9.78 Å². The topological polar surface area (TPSA) is 88.0 Å². The van der Waals surface area contributed by atoms with Crippen molar-refractivity contribution in [1.29, 1.82) is 5.41 Å². The van der Waals surface area contributed by atoms with E-state index in [0.29, 0.717) is 35.8 Å². The number of nitrogens with zero attached hydrogens (tertiary/aromatic N) is 3. The van der Waals surface area contributed by atoms with E-state index in [1.165, 1.54) is 24.5 Å². The molecule has 1 amide bonds. The number of nitrogens with one attached hydrogen (secondary N) is 1. The Morgan fingerprint density at radius 1 is 1.27 bits per heavy atom. The van der Waals surface area contributed by atoms with Crippen LogP contribution in [0.4, 0.5) is 4.39 Å². The van der Waals surface area contributed by atoms with E-state index in [9.17, 15) is 9.18 Å². The normalized spacial score (nSPS) is 15.5. The quantitative estimate of drug-likeness (QED) is 0.635. The average molecular weight is 405 g/mol. The zero-order chi connectivity index (χ0) is 21.1. The molecule has 154 valence electrons. The Hall–Kier alpha value is -3.48. The fourth-order valence-electron chi connectivity index (χ4n) is 4.01. The number of likely N-dealkylation sites (tertiary alicyclic amines) is 1. The molecule has 0 bridgehead atoms. The SMILES string of the molecule is N=C/C(=C\N)c1cc2ccn(CC3CCN(C(=O)c4cccc(F)c4)CC3)c2cn1. The van der Waals surface area contributed by atoms with Gasteiger partial charge in [-0.05, 0) is 49.1 Å². The number of carbonyl (C=O) groups is 1. The molecule has 2 aromatic heterocycles. The molecular weight excluding hydrogens is 381 g/mol. The van der Waals surface area contributed by atoms with Gasteiger partial charge in [0.1, 0.15) is 5.82 Å². The lowest BCUT2D eigenvalue weighted by molar-refractivity contribution is 0.0683. The van der Waals surface area contributed by atoms with Gasteiger partial charge >= 0.3 is 0 Å². The second-order valence-corrected chi connectivity index (χ2v) is 7.61. The molecule has 0 aliphatic carbocycles. The fourth-order valence-corrected chi connectivity index (χ4v) is 4.01. The van der Waals surface area contributed by atoms with Gasteiger partial charge in [-0.15, -0.1) is 0 Å². The highest BCUT2D eigenvalue weighted by Crippen LogP contribution is 2.25. The molecule has 0 unspecified atom stereocenters. The number of hydrogen-bond acceptors (Lipinski definition) is 4. The highest BCUT2D eigenvalue weighted by Gasteiger charge is 2.24. The van der Waals surface area contributed by atoms with Crippen molar-refractivity contribution in [2.75, 3.05) is 13.1 Å². The summed E-state index contributed by atoms with van der Waals surface area (Å²) < 4.78 is 15.6. The molecule has 6 nitrogen and oxygen atoms in total. The van der Waals surface area contributed by atoms with E-state index < -0.39 is 0 Å². The zero-order valence-corrected chi connectivity index (χ0v) is 16.6. The molecule has 1 aromatic carbocycles. The third kappa shape index (κ3) is 3.96. The Kier molecular flexibility index (Phi) is 5.61. The molecule has 3 aromatic rings. The summed E-state index contributed by atoms with van der Waals surface area (Å²) in [7, 11) is 0. The van der Waals surface area contributed by atoms with Gasteiger partial charge in [0, 0.05) is 54.8 Å². The Balaban J connectivity index is 1.41. The first-order valence-corrected chi connectivity index (χ1v) is 10.0. The highest BCUT2D eigenvalue weighted by molar-refractivity contribution is 6.08. The number of rotatable bonds is 5. The third-order valence-corrected chi connectivity index (χ3v) is 5.72. The maximum absolute atomic E-state index is 13.4. The van der Waals surface area contributed by atoms with Crippen LogP contribution >= 0.6 is 0 Å². The van der Waals surface area contributed by atoms with Gasteiger partial charge in [0.25, 0.3) is 5.91 Å². The van der Waals surface area contributed by atoms with Crippen LogP contribution in [0.1, 0.15) is 28.9 Å². The van der Waals surface area contributed by atoms with E-state index in [-0.39, 0.29) is 11.7 Å². The second kappa shape index (κ2) is 8.49. The summed E-state index contributed by atoms with van der Waals surface area (Å²) in [5, 5.41) is 8.48. The molecular formula is C23H24FN5O. The molecule has 1 saturated heterocycles. The van der Waals surface area contributed by atoms with Gasteiger partial charge in [-0.25, -0.2) is 4.39 Å². The summed E-state index contributed by atoms with van der Waals surface area (Å²) in [5.74, 6) is -0.0364. The largest absolute Gasteiger partial charge is 0.404 e. The molecule has 0 saturated carbocycles. The molecule has 1 fully saturated rings. The van der Waals surface area contributed by atoms with Gasteiger partial charge in [-0.1, -0.05) is 6.07 Å². The van der Waals surface area contributed by atoms with Crippen molar-refractivity contribution in [3.05, 3.63) is 72.1 Å². The predicted molar refractivity (Wildman–Crippen MR) is 116 cm³/mol. The minimum Gasteiger partial charge on any atom is -0.404 e. The first-order valence-electron chi connectivity index (χ1n) is 10.0. The monoisotopic (exact) mass is 405 g/mol. The van der Waals surface area contributed by atoms with E-state index in [4.69, 9.17) is 11.1 Å². The van der Waals surface area contributed by atoms with Crippen molar-refractivity contribution in [1.82, 2.24) is 14.5 Å². The van der Waals surface area contributed by atoms with Gasteiger partial charge in [0.2, 0.25) is 0 Å². The van der Waals surface area contributed by atoms with Crippen molar-refractivity contribution in [3.8, 4) is 0 Å². The summed E-state index contributed by atoms with van der Waals surface area (Å²) in [4.78, 5) is 18.9. The number of fused-ring (bicyclic) bond motifs is 1. The standard InChI is InChI=1S/C23H24FN5O/c24-20-3-1-2-18(10-20)23(30)28-7-4-16(5-8-28)15-29-9-6-17-11-21(19(12-25)13-26)27-14-22(17)29/h1-3,6,9-14,16,25H,4-5,7-8,15,26H2/b19-13+,25-12?. The number of pyridine rings is 1. The number of benzene rings is 1. The smallest absolute Gasteiger partial charge is 0.253 e. The zero-order valence-electron chi connectivity index (χ0n) is 16.6. The second-order valence-electron chi connectivity index (χ2n) is 7.61. The number of allylic oxidation sites excluding steroid dienone is 1. The Morgan fingerprint density at radius 2 is 2.07 bits per heavy atom. The Morgan fingerprint density at radius 3 is 2.77 bits per heavy atom. The van der Waals surface area contributed by atoms with Crippen molar-refractivity contribution in [2.45, 2.75) is 19.4 Å². The minimum absolute atomic E-state index is 0.106. The van der Waals surface area contributed by atoms with Crippen LogP contribution in [-0.2, 0) is 6.54 Å². The number of carbonyl (C=O) groups excluding carboxylic acids is 1. The summed E-state index contributed by atoms with van der Waals surface area (Å²) in [6, 6.07) is 9.86. The van der Waals surface area contributed by atoms with Gasteiger partial charge in [0.05, 0.1) is 17.4 Å². The van der Waals surface area contributed by atoms with E-state index in [0.717, 1.165) is 30.3 Å². The van der Waals surface area contributed by atoms with Crippen LogP contribution in [0.5, 0.6) is 0 Å². The van der Waals surface area contributed by atoms with Crippen LogP contribution in [0.15, 0.2) is 55.0 Å².